The van der Waals surface area contributed by atoms with Crippen molar-refractivity contribution in [3.05, 3.63) is 29.8 Å². The molecule has 0 aromatic heterocycles. The molecule has 1 amide bonds. The van der Waals surface area contributed by atoms with Gasteiger partial charge in [0.05, 0.1) is 17.3 Å². The number of anilines is 1. The Morgan fingerprint density at radius 3 is 3.06 bits per heavy atom. The maximum Gasteiger partial charge on any atom is 0.256 e. The largest absolute Gasteiger partial charge is 0.348 e. The molecule has 1 atom stereocenters. The van der Waals surface area contributed by atoms with Crippen LogP contribution in [0.4, 0.5) is 5.69 Å². The molecule has 1 saturated heterocycles. The Labute approximate surface area is 99.4 Å². The van der Waals surface area contributed by atoms with E-state index in [2.05, 4.69) is 5.32 Å². The van der Waals surface area contributed by atoms with Gasteiger partial charge in [0.2, 0.25) is 0 Å². The maximum absolute atomic E-state index is 12.3. The number of benzene rings is 1. The summed E-state index contributed by atoms with van der Waals surface area (Å²) in [6, 6.07) is 7.65. The van der Waals surface area contributed by atoms with Crippen molar-refractivity contribution < 1.29 is 4.79 Å². The van der Waals surface area contributed by atoms with Crippen molar-refractivity contribution in [3.8, 4) is 0 Å². The second kappa shape index (κ2) is 3.56. The summed E-state index contributed by atoms with van der Waals surface area (Å²) in [5, 5.41) is 3.19. The van der Waals surface area contributed by atoms with Crippen molar-refractivity contribution in [1.29, 1.82) is 0 Å². The summed E-state index contributed by atoms with van der Waals surface area (Å²) in [6.45, 7) is 0.819. The highest BCUT2D eigenvalue weighted by molar-refractivity contribution is 7.80. The molecule has 0 spiro atoms. The van der Waals surface area contributed by atoms with Crippen molar-refractivity contribution in [3.63, 3.8) is 0 Å². The highest BCUT2D eigenvalue weighted by Gasteiger charge is 2.35. The number of amides is 1. The molecule has 16 heavy (non-hydrogen) atoms. The predicted octanol–water partition coefficient (Wildman–Crippen LogP) is 2.04. The molecule has 0 radical (unpaired) electrons. The van der Waals surface area contributed by atoms with Crippen LogP contribution < -0.4 is 5.32 Å². The first-order valence-corrected chi connectivity index (χ1v) is 5.89. The molecule has 3 nitrogen and oxygen atoms in total. The normalized spacial score (nSPS) is 23.5. The molecule has 2 heterocycles. The maximum atomic E-state index is 12.3. The van der Waals surface area contributed by atoms with Gasteiger partial charge in [-0.25, -0.2) is 0 Å². The molecule has 3 rings (SSSR count). The Kier molecular flexibility index (Phi) is 2.17. The van der Waals surface area contributed by atoms with Crippen molar-refractivity contribution >= 4 is 28.8 Å². The van der Waals surface area contributed by atoms with Crippen LogP contribution in [0.5, 0.6) is 0 Å². The molecule has 1 N–H and O–H groups in total. The number of carbonyl (C=O) groups is 1. The van der Waals surface area contributed by atoms with Crippen LogP contribution in [0.2, 0.25) is 0 Å². The van der Waals surface area contributed by atoms with Crippen LogP contribution in [0.15, 0.2) is 24.3 Å². The molecule has 2 aliphatic rings. The zero-order valence-corrected chi connectivity index (χ0v) is 9.59. The number of hydrogen-bond donors (Lipinski definition) is 1. The Bertz CT molecular complexity index is 472. The zero-order valence-electron chi connectivity index (χ0n) is 8.77. The Balaban J connectivity index is 2.11. The van der Waals surface area contributed by atoms with Crippen molar-refractivity contribution in [1.82, 2.24) is 4.90 Å². The van der Waals surface area contributed by atoms with Gasteiger partial charge in [-0.05, 0) is 25.0 Å². The number of para-hydroxylation sites is 1. The molecule has 0 bridgehead atoms. The molecule has 0 aliphatic carbocycles. The third-order valence-electron chi connectivity index (χ3n) is 3.23. The van der Waals surface area contributed by atoms with E-state index in [4.69, 9.17) is 12.2 Å². The van der Waals surface area contributed by atoms with Gasteiger partial charge in [0.15, 0.2) is 0 Å². The minimum absolute atomic E-state index is 0.0925. The third-order valence-corrected chi connectivity index (χ3v) is 3.61. The number of rotatable bonds is 0. The summed E-state index contributed by atoms with van der Waals surface area (Å²) in [5.41, 5.74) is 1.57. The Morgan fingerprint density at radius 2 is 2.19 bits per heavy atom. The first-order chi connectivity index (χ1) is 7.77. The third kappa shape index (κ3) is 1.33. The van der Waals surface area contributed by atoms with E-state index in [1.165, 1.54) is 0 Å². The van der Waals surface area contributed by atoms with Gasteiger partial charge < -0.3 is 10.2 Å². The minimum Gasteiger partial charge on any atom is -0.348 e. The van der Waals surface area contributed by atoms with E-state index >= 15 is 0 Å². The van der Waals surface area contributed by atoms with E-state index in [1.54, 1.807) is 0 Å². The quantitative estimate of drug-likeness (QED) is 0.695. The summed E-state index contributed by atoms with van der Waals surface area (Å²) in [7, 11) is 0. The summed E-state index contributed by atoms with van der Waals surface area (Å²) in [6.07, 6.45) is 2.02. The molecule has 1 fully saturated rings. The topological polar surface area (TPSA) is 32.3 Å². The minimum atomic E-state index is 0.0925. The average molecular weight is 232 g/mol. The zero-order chi connectivity index (χ0) is 11.1. The van der Waals surface area contributed by atoms with Crippen LogP contribution in [-0.4, -0.2) is 28.4 Å². The molecule has 4 heteroatoms. The van der Waals surface area contributed by atoms with Crippen molar-refractivity contribution in [2.24, 2.45) is 0 Å². The molecular formula is C12H12N2OS. The SMILES string of the molecule is O=C1c2ccccc2NC(=S)[C@H]2CCCN12. The van der Waals surface area contributed by atoms with Gasteiger partial charge in [-0.15, -0.1) is 0 Å². The van der Waals surface area contributed by atoms with Gasteiger partial charge in [0, 0.05) is 6.54 Å². The number of hydrogen-bond acceptors (Lipinski definition) is 2. The van der Waals surface area contributed by atoms with Crippen LogP contribution in [0.3, 0.4) is 0 Å². The molecule has 2 aliphatic heterocycles. The molecular weight excluding hydrogens is 220 g/mol. The predicted molar refractivity (Wildman–Crippen MR) is 66.7 cm³/mol. The number of nitrogens with zero attached hydrogens (tertiary/aromatic N) is 1. The number of fused-ring (bicyclic) bond motifs is 2. The summed E-state index contributed by atoms with van der Waals surface area (Å²) in [4.78, 5) is 15.0. The standard InChI is InChI=1S/C12H12N2OS/c15-12-8-4-1-2-5-9(8)13-11(16)10-6-3-7-14(10)12/h1-2,4-5,10H,3,6-7H2,(H,13,16)/t10-/m1/s1. The van der Waals surface area contributed by atoms with E-state index in [1.807, 2.05) is 29.2 Å². The molecule has 1 aromatic rings. The smallest absolute Gasteiger partial charge is 0.256 e. The van der Waals surface area contributed by atoms with Crippen LogP contribution in [0.1, 0.15) is 23.2 Å². The van der Waals surface area contributed by atoms with Crippen molar-refractivity contribution in [2.45, 2.75) is 18.9 Å². The molecule has 82 valence electrons. The lowest BCUT2D eigenvalue weighted by atomic mass is 10.1. The first-order valence-electron chi connectivity index (χ1n) is 5.48. The van der Waals surface area contributed by atoms with E-state index in [0.29, 0.717) is 0 Å². The van der Waals surface area contributed by atoms with Crippen LogP contribution in [-0.2, 0) is 0 Å². The van der Waals surface area contributed by atoms with Crippen LogP contribution in [0, 0.1) is 0 Å². The lowest BCUT2D eigenvalue weighted by Gasteiger charge is -2.21. The van der Waals surface area contributed by atoms with Crippen molar-refractivity contribution in [2.75, 3.05) is 11.9 Å². The highest BCUT2D eigenvalue weighted by Crippen LogP contribution is 2.28. The lowest BCUT2D eigenvalue weighted by molar-refractivity contribution is 0.0774. The fourth-order valence-electron chi connectivity index (χ4n) is 2.43. The van der Waals surface area contributed by atoms with Gasteiger partial charge in [0.25, 0.3) is 5.91 Å². The van der Waals surface area contributed by atoms with Crippen LogP contribution in [0.25, 0.3) is 0 Å². The Hall–Kier alpha value is -1.42. The number of nitrogens with one attached hydrogen (secondary N) is 1. The van der Waals surface area contributed by atoms with E-state index in [-0.39, 0.29) is 11.9 Å². The van der Waals surface area contributed by atoms with E-state index in [0.717, 1.165) is 35.6 Å². The number of thiocarbonyl (C=S) groups is 1. The number of carbonyl (C=O) groups excluding carboxylic acids is 1. The lowest BCUT2D eigenvalue weighted by Crippen LogP contribution is -2.39. The van der Waals surface area contributed by atoms with Gasteiger partial charge in [-0.3, -0.25) is 4.79 Å². The van der Waals surface area contributed by atoms with Crippen LogP contribution >= 0.6 is 12.2 Å². The van der Waals surface area contributed by atoms with Gasteiger partial charge >= 0.3 is 0 Å². The summed E-state index contributed by atoms with van der Waals surface area (Å²) >= 11 is 5.35. The first kappa shape index (κ1) is 9.78. The van der Waals surface area contributed by atoms with Gasteiger partial charge in [-0.2, -0.15) is 0 Å². The summed E-state index contributed by atoms with van der Waals surface area (Å²) < 4.78 is 0. The Morgan fingerprint density at radius 1 is 1.38 bits per heavy atom. The molecule has 1 aromatic carbocycles. The second-order valence-corrected chi connectivity index (χ2v) is 4.63. The fraction of sp³-hybridized carbons (Fsp3) is 0.333. The van der Waals surface area contributed by atoms with Gasteiger partial charge in [0.1, 0.15) is 4.99 Å². The van der Waals surface area contributed by atoms with Gasteiger partial charge in [-0.1, -0.05) is 24.4 Å². The monoisotopic (exact) mass is 232 g/mol. The molecule has 0 saturated carbocycles. The highest BCUT2D eigenvalue weighted by atomic mass is 32.1. The van der Waals surface area contributed by atoms with E-state index in [9.17, 15) is 4.79 Å². The summed E-state index contributed by atoms with van der Waals surface area (Å²) in [5.74, 6) is 0.102. The fourth-order valence-corrected chi connectivity index (χ4v) is 2.79. The average Bonchev–Trinajstić information content (AvgIpc) is 2.74. The van der Waals surface area contributed by atoms with E-state index < -0.39 is 0 Å². The second-order valence-electron chi connectivity index (χ2n) is 4.19. The molecule has 0 unspecified atom stereocenters.